The summed E-state index contributed by atoms with van der Waals surface area (Å²) >= 11 is 0. The topological polar surface area (TPSA) is 62.5 Å². The van der Waals surface area contributed by atoms with Crippen molar-refractivity contribution < 1.29 is 23.1 Å². The lowest BCUT2D eigenvalue weighted by molar-refractivity contribution is -0.122. The van der Waals surface area contributed by atoms with Gasteiger partial charge in [0.05, 0.1) is 6.54 Å². The molecule has 124 valence electrons. The summed E-state index contributed by atoms with van der Waals surface area (Å²) in [7, 11) is 0. The Bertz CT molecular complexity index is 695. The van der Waals surface area contributed by atoms with Gasteiger partial charge in [0, 0.05) is 6.42 Å². The zero-order valence-electron chi connectivity index (χ0n) is 13.0. The summed E-state index contributed by atoms with van der Waals surface area (Å²) < 4.78 is 31.3. The fraction of sp³-hybridized carbons (Fsp3) is 0.353. The van der Waals surface area contributed by atoms with Gasteiger partial charge in [-0.1, -0.05) is 6.07 Å². The average molecular weight is 323 g/mol. The minimum Gasteiger partial charge on any atom is -0.463 e. The molecule has 0 aliphatic carbocycles. The lowest BCUT2D eigenvalue weighted by atomic mass is 10.0. The summed E-state index contributed by atoms with van der Waals surface area (Å²) in [5.41, 5.74) is -0.779. The lowest BCUT2D eigenvalue weighted by Gasteiger charge is -2.21. The van der Waals surface area contributed by atoms with Crippen molar-refractivity contribution in [1.29, 1.82) is 0 Å². The molecule has 2 rings (SSSR count). The second-order valence-electron chi connectivity index (χ2n) is 5.71. The number of hydrogen-bond donors (Lipinski definition) is 2. The van der Waals surface area contributed by atoms with Crippen LogP contribution in [0.3, 0.4) is 0 Å². The molecule has 1 amide bonds. The standard InChI is InChI=1S/C17H19F2NO3/c1-11-3-7-15(23-11)17(2,22)10-20-16(21)8-5-12-4-6-13(18)14(19)9-12/h3-4,6-7,9,22H,5,8,10H2,1-2H3,(H,20,21). The number of rotatable bonds is 6. The Morgan fingerprint density at radius 3 is 2.61 bits per heavy atom. The summed E-state index contributed by atoms with van der Waals surface area (Å²) in [5.74, 6) is -1.10. The van der Waals surface area contributed by atoms with Gasteiger partial charge in [-0.15, -0.1) is 0 Å². The third-order valence-corrected chi connectivity index (χ3v) is 3.53. The SMILES string of the molecule is Cc1ccc(C(C)(O)CNC(=O)CCc2ccc(F)c(F)c2)o1. The highest BCUT2D eigenvalue weighted by atomic mass is 19.2. The molecule has 0 aliphatic heterocycles. The van der Waals surface area contributed by atoms with Crippen LogP contribution in [-0.4, -0.2) is 17.6 Å². The van der Waals surface area contributed by atoms with Crippen LogP contribution in [0.5, 0.6) is 0 Å². The number of halogens is 2. The van der Waals surface area contributed by atoms with Crippen LogP contribution in [0.2, 0.25) is 0 Å². The fourth-order valence-corrected chi connectivity index (χ4v) is 2.12. The number of aliphatic hydroxyl groups is 1. The molecule has 4 nitrogen and oxygen atoms in total. The summed E-state index contributed by atoms with van der Waals surface area (Å²) in [6.07, 6.45) is 0.392. The molecule has 1 atom stereocenters. The maximum absolute atomic E-state index is 13.1. The number of carbonyl (C=O) groups excluding carboxylic acids is 1. The van der Waals surface area contributed by atoms with Gasteiger partial charge in [-0.3, -0.25) is 4.79 Å². The molecular weight excluding hydrogens is 304 g/mol. The monoisotopic (exact) mass is 323 g/mol. The minimum atomic E-state index is -1.31. The van der Waals surface area contributed by atoms with Crippen molar-refractivity contribution in [3.63, 3.8) is 0 Å². The summed E-state index contributed by atoms with van der Waals surface area (Å²) in [6, 6.07) is 6.93. The maximum Gasteiger partial charge on any atom is 0.220 e. The highest BCUT2D eigenvalue weighted by molar-refractivity contribution is 5.76. The Balaban J connectivity index is 1.84. The molecule has 0 radical (unpaired) electrons. The lowest BCUT2D eigenvalue weighted by Crippen LogP contribution is -2.38. The van der Waals surface area contributed by atoms with Crippen LogP contribution >= 0.6 is 0 Å². The van der Waals surface area contributed by atoms with Crippen LogP contribution < -0.4 is 5.32 Å². The molecule has 0 saturated carbocycles. The first kappa shape index (κ1) is 17.1. The first-order valence-electron chi connectivity index (χ1n) is 7.28. The molecule has 2 aromatic rings. The van der Waals surface area contributed by atoms with Crippen molar-refractivity contribution in [2.24, 2.45) is 0 Å². The van der Waals surface area contributed by atoms with E-state index < -0.39 is 17.2 Å². The molecule has 2 N–H and O–H groups in total. The van der Waals surface area contributed by atoms with E-state index in [9.17, 15) is 18.7 Å². The van der Waals surface area contributed by atoms with Crippen LogP contribution in [0.15, 0.2) is 34.7 Å². The summed E-state index contributed by atoms with van der Waals surface area (Å²) in [6.45, 7) is 3.30. The van der Waals surface area contributed by atoms with E-state index in [0.29, 0.717) is 17.1 Å². The molecule has 1 aromatic carbocycles. The molecule has 0 bridgehead atoms. The minimum absolute atomic E-state index is 0.00341. The van der Waals surface area contributed by atoms with Crippen LogP contribution in [0.4, 0.5) is 8.78 Å². The number of carbonyl (C=O) groups is 1. The van der Waals surface area contributed by atoms with Gasteiger partial charge in [0.1, 0.15) is 17.1 Å². The maximum atomic E-state index is 13.1. The Morgan fingerprint density at radius 1 is 1.26 bits per heavy atom. The highest BCUT2D eigenvalue weighted by Crippen LogP contribution is 2.22. The van der Waals surface area contributed by atoms with Gasteiger partial charge in [-0.05, 0) is 50.1 Å². The third-order valence-electron chi connectivity index (χ3n) is 3.53. The Kier molecular flexibility index (Phi) is 5.15. The van der Waals surface area contributed by atoms with Crippen molar-refractivity contribution in [2.45, 2.75) is 32.3 Å². The van der Waals surface area contributed by atoms with Gasteiger partial charge < -0.3 is 14.8 Å². The van der Waals surface area contributed by atoms with Crippen molar-refractivity contribution in [3.05, 3.63) is 59.1 Å². The zero-order chi connectivity index (χ0) is 17.0. The number of benzene rings is 1. The second kappa shape index (κ2) is 6.91. The Labute approximate surface area is 133 Å². The second-order valence-corrected chi connectivity index (χ2v) is 5.71. The molecule has 1 heterocycles. The largest absolute Gasteiger partial charge is 0.463 e. The van der Waals surface area contributed by atoms with Crippen molar-refractivity contribution >= 4 is 5.91 Å². The van der Waals surface area contributed by atoms with E-state index in [2.05, 4.69) is 5.32 Å². The predicted octanol–water partition coefficient (Wildman–Crippen LogP) is 2.82. The normalized spacial score (nSPS) is 13.6. The molecule has 23 heavy (non-hydrogen) atoms. The predicted molar refractivity (Wildman–Crippen MR) is 80.7 cm³/mol. The van der Waals surface area contributed by atoms with Gasteiger partial charge in [-0.2, -0.15) is 0 Å². The van der Waals surface area contributed by atoms with E-state index in [-0.39, 0.29) is 25.3 Å². The summed E-state index contributed by atoms with van der Waals surface area (Å²) in [4.78, 5) is 11.8. The number of amides is 1. The van der Waals surface area contributed by atoms with Gasteiger partial charge in [-0.25, -0.2) is 8.78 Å². The van der Waals surface area contributed by atoms with E-state index in [1.165, 1.54) is 6.07 Å². The molecular formula is C17H19F2NO3. The van der Waals surface area contributed by atoms with E-state index in [0.717, 1.165) is 12.1 Å². The van der Waals surface area contributed by atoms with Crippen LogP contribution in [-0.2, 0) is 16.8 Å². The van der Waals surface area contributed by atoms with Crippen LogP contribution in [0.25, 0.3) is 0 Å². The number of hydrogen-bond acceptors (Lipinski definition) is 3. The third kappa shape index (κ3) is 4.63. The van der Waals surface area contributed by atoms with Crippen LogP contribution in [0.1, 0.15) is 30.4 Å². The van der Waals surface area contributed by atoms with E-state index in [4.69, 9.17) is 4.42 Å². The number of aryl methyl sites for hydroxylation is 2. The van der Waals surface area contributed by atoms with Gasteiger partial charge in [0.25, 0.3) is 0 Å². The van der Waals surface area contributed by atoms with Gasteiger partial charge in [0.15, 0.2) is 11.6 Å². The molecule has 0 spiro atoms. The average Bonchev–Trinajstić information content (AvgIpc) is 2.94. The molecule has 1 unspecified atom stereocenters. The quantitative estimate of drug-likeness (QED) is 0.859. The zero-order valence-corrected chi connectivity index (χ0v) is 13.0. The van der Waals surface area contributed by atoms with Gasteiger partial charge >= 0.3 is 0 Å². The Hall–Kier alpha value is -2.21. The van der Waals surface area contributed by atoms with E-state index in [1.54, 1.807) is 26.0 Å². The molecule has 0 fully saturated rings. The van der Waals surface area contributed by atoms with Crippen molar-refractivity contribution in [1.82, 2.24) is 5.32 Å². The number of furan rings is 1. The first-order chi connectivity index (χ1) is 10.8. The highest BCUT2D eigenvalue weighted by Gasteiger charge is 2.27. The van der Waals surface area contributed by atoms with Gasteiger partial charge in [0.2, 0.25) is 5.91 Å². The van der Waals surface area contributed by atoms with Crippen LogP contribution in [0, 0.1) is 18.6 Å². The first-order valence-corrected chi connectivity index (χ1v) is 7.28. The Morgan fingerprint density at radius 2 is 2.00 bits per heavy atom. The smallest absolute Gasteiger partial charge is 0.220 e. The van der Waals surface area contributed by atoms with Crippen molar-refractivity contribution in [3.8, 4) is 0 Å². The molecule has 1 aromatic heterocycles. The molecule has 0 aliphatic rings. The molecule has 0 saturated heterocycles. The van der Waals surface area contributed by atoms with E-state index >= 15 is 0 Å². The fourth-order valence-electron chi connectivity index (χ4n) is 2.12. The van der Waals surface area contributed by atoms with E-state index in [1.807, 2.05) is 0 Å². The number of nitrogens with one attached hydrogen (secondary N) is 1. The summed E-state index contributed by atoms with van der Waals surface area (Å²) in [5, 5.41) is 12.9. The van der Waals surface area contributed by atoms with Crippen molar-refractivity contribution in [2.75, 3.05) is 6.54 Å². The molecule has 6 heteroatoms.